The molecule has 0 aliphatic carbocycles. The predicted octanol–water partition coefficient (Wildman–Crippen LogP) is 2.94. The normalized spacial score (nSPS) is 10.6. The van der Waals surface area contributed by atoms with Crippen LogP contribution in [0.4, 0.5) is 11.4 Å². The molecule has 0 aromatic heterocycles. The van der Waals surface area contributed by atoms with Gasteiger partial charge in [0.2, 0.25) is 0 Å². The Morgan fingerprint density at radius 1 is 1.16 bits per heavy atom. The third kappa shape index (κ3) is 3.94. The number of hydrogen-bond acceptors (Lipinski definition) is 3. The number of nitrogens with two attached hydrogens (primary N) is 1. The van der Waals surface area contributed by atoms with E-state index in [0.717, 1.165) is 37.4 Å². The minimum absolute atomic E-state index is 0.215. The van der Waals surface area contributed by atoms with Crippen molar-refractivity contribution in [3.8, 4) is 5.75 Å². The van der Waals surface area contributed by atoms with Crippen LogP contribution in [0.15, 0.2) is 23.3 Å². The zero-order valence-electron chi connectivity index (χ0n) is 12.5. The molecule has 0 fully saturated rings. The van der Waals surface area contributed by atoms with Gasteiger partial charge in [-0.15, -0.1) is 0 Å². The second kappa shape index (κ2) is 7.77. The maximum absolute atomic E-state index is 6.01. The van der Waals surface area contributed by atoms with Gasteiger partial charge in [0.1, 0.15) is 0 Å². The maximum atomic E-state index is 6.01. The van der Waals surface area contributed by atoms with Gasteiger partial charge in [-0.1, -0.05) is 13.8 Å². The molecular formula is C15H26N3O+. The van der Waals surface area contributed by atoms with Crippen LogP contribution in [-0.4, -0.2) is 19.2 Å². The minimum atomic E-state index is 0.215. The minimum Gasteiger partial charge on any atom is -0.488 e. The lowest BCUT2D eigenvalue weighted by atomic mass is 10.2. The van der Waals surface area contributed by atoms with E-state index in [1.807, 2.05) is 18.2 Å². The first-order valence-electron chi connectivity index (χ1n) is 7.16. The van der Waals surface area contributed by atoms with Crippen molar-refractivity contribution in [3.63, 3.8) is 0 Å². The summed E-state index contributed by atoms with van der Waals surface area (Å²) in [5, 5.41) is 3.80. The standard InChI is InChI=1S/C15H25N3O/c1-5-13(6-2)19-15-11-12(18(7-3)8-4)9-10-14(15)17-16/h9-11,13,16H,5-8H2,1-4H3/p+1. The largest absolute Gasteiger partial charge is 0.488 e. The zero-order chi connectivity index (χ0) is 14.3. The van der Waals surface area contributed by atoms with Gasteiger partial charge in [-0.3, -0.25) is 0 Å². The van der Waals surface area contributed by atoms with Crippen LogP contribution in [0.5, 0.6) is 5.75 Å². The Balaban J connectivity index is 3.04. The SMILES string of the molecule is CCC(CC)Oc1cc(N(CC)CC)ccc1N=[NH2+]. The van der Waals surface area contributed by atoms with Crippen molar-refractivity contribution < 1.29 is 10.3 Å². The van der Waals surface area contributed by atoms with Crippen molar-refractivity contribution >= 4 is 11.4 Å². The average Bonchev–Trinajstić information content (AvgIpc) is 2.46. The van der Waals surface area contributed by atoms with Crippen molar-refractivity contribution in [2.45, 2.75) is 46.6 Å². The summed E-state index contributed by atoms with van der Waals surface area (Å²) in [6.07, 6.45) is 2.18. The third-order valence-corrected chi connectivity index (χ3v) is 3.42. The average molecular weight is 264 g/mol. The number of anilines is 1. The Bertz CT molecular complexity index is 398. The van der Waals surface area contributed by atoms with E-state index in [-0.39, 0.29) is 6.10 Å². The summed E-state index contributed by atoms with van der Waals surface area (Å²) in [7, 11) is 0. The first-order valence-corrected chi connectivity index (χ1v) is 7.16. The molecule has 19 heavy (non-hydrogen) atoms. The van der Waals surface area contributed by atoms with Gasteiger partial charge in [0.05, 0.1) is 6.10 Å². The van der Waals surface area contributed by atoms with Crippen LogP contribution < -0.4 is 15.2 Å². The molecule has 0 spiro atoms. The Kier molecular flexibility index (Phi) is 6.33. The molecule has 4 heteroatoms. The number of hydrogen-bond donors (Lipinski definition) is 1. The molecule has 0 bridgehead atoms. The van der Waals surface area contributed by atoms with Crippen LogP contribution in [0.25, 0.3) is 0 Å². The first-order chi connectivity index (χ1) is 9.19. The molecule has 1 aromatic carbocycles. The molecule has 0 saturated carbocycles. The number of rotatable bonds is 8. The number of benzene rings is 1. The van der Waals surface area contributed by atoms with Gasteiger partial charge >= 0.3 is 0 Å². The lowest BCUT2D eigenvalue weighted by Gasteiger charge is -2.23. The molecule has 0 heterocycles. The van der Waals surface area contributed by atoms with Crippen LogP contribution in [0.3, 0.4) is 0 Å². The first kappa shape index (κ1) is 15.5. The highest BCUT2D eigenvalue weighted by atomic mass is 16.5. The van der Waals surface area contributed by atoms with Gasteiger partial charge in [-0.25, -0.2) is 0 Å². The molecule has 2 N–H and O–H groups in total. The van der Waals surface area contributed by atoms with Crippen molar-refractivity contribution in [3.05, 3.63) is 18.2 Å². The Morgan fingerprint density at radius 3 is 2.26 bits per heavy atom. The van der Waals surface area contributed by atoms with E-state index in [0.29, 0.717) is 5.69 Å². The van der Waals surface area contributed by atoms with E-state index in [4.69, 9.17) is 10.3 Å². The van der Waals surface area contributed by atoms with Crippen LogP contribution in [0, 0.1) is 0 Å². The summed E-state index contributed by atoms with van der Waals surface area (Å²) in [5.41, 5.74) is 7.29. The van der Waals surface area contributed by atoms with Crippen molar-refractivity contribution in [2.75, 3.05) is 18.0 Å². The summed E-state index contributed by atoms with van der Waals surface area (Å²) in [6.45, 7) is 10.5. The Labute approximate surface area is 116 Å². The van der Waals surface area contributed by atoms with E-state index in [2.05, 4.69) is 37.7 Å². The van der Waals surface area contributed by atoms with Gasteiger partial charge in [-0.2, -0.15) is 5.53 Å². The fourth-order valence-electron chi connectivity index (χ4n) is 2.12. The van der Waals surface area contributed by atoms with Gasteiger partial charge in [0, 0.05) is 24.8 Å². The highest BCUT2D eigenvalue weighted by molar-refractivity contribution is 5.61. The summed E-state index contributed by atoms with van der Waals surface area (Å²) >= 11 is 0. The lowest BCUT2D eigenvalue weighted by molar-refractivity contribution is -0.210. The topological polar surface area (TPSA) is 50.4 Å². The van der Waals surface area contributed by atoms with Crippen LogP contribution in [-0.2, 0) is 0 Å². The van der Waals surface area contributed by atoms with E-state index in [1.165, 1.54) is 0 Å². The molecular weight excluding hydrogens is 238 g/mol. The van der Waals surface area contributed by atoms with Crippen LogP contribution in [0.2, 0.25) is 0 Å². The highest BCUT2D eigenvalue weighted by Crippen LogP contribution is 2.32. The van der Waals surface area contributed by atoms with Gasteiger partial charge in [-0.05, 0) is 43.9 Å². The zero-order valence-corrected chi connectivity index (χ0v) is 12.5. The summed E-state index contributed by atoms with van der Waals surface area (Å²) in [5.74, 6) is 0.778. The molecule has 0 saturated heterocycles. The molecule has 0 amide bonds. The van der Waals surface area contributed by atoms with E-state index in [9.17, 15) is 0 Å². The van der Waals surface area contributed by atoms with Crippen LogP contribution >= 0.6 is 0 Å². The second-order valence-corrected chi connectivity index (χ2v) is 4.51. The van der Waals surface area contributed by atoms with E-state index in [1.54, 1.807) is 0 Å². The van der Waals surface area contributed by atoms with Crippen LogP contribution in [0.1, 0.15) is 40.5 Å². The molecule has 0 unspecified atom stereocenters. The Hall–Kier alpha value is -1.58. The quantitative estimate of drug-likeness (QED) is 0.734. The highest BCUT2D eigenvalue weighted by Gasteiger charge is 2.13. The fraction of sp³-hybridized carbons (Fsp3) is 0.600. The molecule has 1 aromatic rings. The molecule has 1 rings (SSSR count). The lowest BCUT2D eigenvalue weighted by Crippen LogP contribution is -2.23. The second-order valence-electron chi connectivity index (χ2n) is 4.51. The molecule has 0 aliphatic rings. The van der Waals surface area contributed by atoms with Crippen molar-refractivity contribution in [1.29, 1.82) is 0 Å². The van der Waals surface area contributed by atoms with Crippen molar-refractivity contribution in [2.24, 2.45) is 5.11 Å². The monoisotopic (exact) mass is 264 g/mol. The van der Waals surface area contributed by atoms with E-state index < -0.39 is 0 Å². The summed E-state index contributed by atoms with van der Waals surface area (Å²) < 4.78 is 6.01. The predicted molar refractivity (Wildman–Crippen MR) is 79.0 cm³/mol. The third-order valence-electron chi connectivity index (χ3n) is 3.42. The van der Waals surface area contributed by atoms with Gasteiger partial charge in [0.25, 0.3) is 0 Å². The molecule has 0 radical (unpaired) electrons. The molecule has 4 nitrogen and oxygen atoms in total. The maximum Gasteiger partial charge on any atom is 0.171 e. The molecule has 0 atom stereocenters. The number of nitrogens with zero attached hydrogens (tertiary/aromatic N) is 2. The summed E-state index contributed by atoms with van der Waals surface area (Å²) in [6, 6.07) is 6.00. The van der Waals surface area contributed by atoms with Gasteiger partial charge < -0.3 is 9.64 Å². The smallest absolute Gasteiger partial charge is 0.171 e. The van der Waals surface area contributed by atoms with E-state index >= 15 is 0 Å². The number of ether oxygens (including phenoxy) is 1. The molecule has 106 valence electrons. The van der Waals surface area contributed by atoms with Crippen molar-refractivity contribution in [1.82, 2.24) is 0 Å². The molecule has 0 aliphatic heterocycles. The fourth-order valence-corrected chi connectivity index (χ4v) is 2.12. The Morgan fingerprint density at radius 2 is 1.79 bits per heavy atom. The summed E-state index contributed by atoms with van der Waals surface area (Å²) in [4.78, 5) is 2.28. The van der Waals surface area contributed by atoms with Gasteiger partial charge in [0.15, 0.2) is 11.4 Å².